The minimum absolute atomic E-state index is 0. The summed E-state index contributed by atoms with van der Waals surface area (Å²) < 4.78 is 71.9. The number of methoxy groups -OCH3 is 2. The number of carbonyl (C=O) groups is 4. The van der Waals surface area contributed by atoms with Gasteiger partial charge < -0.3 is 50.0 Å². The first-order chi connectivity index (χ1) is 37.3. The van der Waals surface area contributed by atoms with Gasteiger partial charge in [0, 0.05) is 22.3 Å². The second-order valence-corrected chi connectivity index (χ2v) is 18.6. The number of aldehydes is 1. The molecule has 0 bridgehead atoms. The Hall–Kier alpha value is -5.40. The van der Waals surface area contributed by atoms with Gasteiger partial charge in [0.05, 0.1) is 60.5 Å². The Morgan fingerprint density at radius 3 is 1.39 bits per heavy atom. The molecule has 0 saturated heterocycles. The number of hydrogen-bond acceptors (Lipinski definition) is 18. The molecule has 6 aromatic rings. The molecule has 18 nitrogen and oxygen atoms in total. The summed E-state index contributed by atoms with van der Waals surface area (Å²) in [7, 11) is -4.47. The van der Waals surface area contributed by atoms with Gasteiger partial charge in [0.1, 0.15) is 36.2 Å². The van der Waals surface area contributed by atoms with Crippen molar-refractivity contribution in [2.24, 2.45) is 0 Å². The molecule has 80 heavy (non-hydrogen) atoms. The summed E-state index contributed by atoms with van der Waals surface area (Å²) in [6.07, 6.45) is -1.18. The zero-order valence-electron chi connectivity index (χ0n) is 45.2. The second kappa shape index (κ2) is 44.3. The van der Waals surface area contributed by atoms with Gasteiger partial charge in [-0.05, 0) is 75.2 Å². The number of phosphoric acid groups is 1. The molecule has 0 radical (unpaired) electrons. The first kappa shape index (κ1) is 76.7. The monoisotopic (exact) mass is 1170 g/mol. The Morgan fingerprint density at radius 1 is 0.550 bits per heavy atom. The molecule has 0 aliphatic heterocycles. The van der Waals surface area contributed by atoms with Gasteiger partial charge in [0.25, 0.3) is 5.52 Å². The largest absolute Gasteiger partial charge is 1.00 e. The average molecular weight is 1170 g/mol. The Morgan fingerprint density at radius 2 is 0.950 bits per heavy atom. The van der Waals surface area contributed by atoms with Crippen molar-refractivity contribution < 1.29 is 136 Å². The van der Waals surface area contributed by atoms with Crippen molar-refractivity contribution in [3.8, 4) is 17.2 Å². The number of aliphatic hydroxyl groups is 2. The van der Waals surface area contributed by atoms with Gasteiger partial charge in [0.15, 0.2) is 17.7 Å². The number of halogens is 1. The summed E-state index contributed by atoms with van der Waals surface area (Å²) in [6.45, 7) is 12.0. The van der Waals surface area contributed by atoms with Crippen LogP contribution in [0.25, 0.3) is 0 Å². The van der Waals surface area contributed by atoms with Crippen LogP contribution in [0.1, 0.15) is 99.9 Å². The number of ether oxygens (including phenoxy) is 4. The van der Waals surface area contributed by atoms with Crippen molar-refractivity contribution in [1.82, 2.24) is 0 Å². The molecular formula is C58H71FKNO17P2. The first-order valence-electron chi connectivity index (χ1n) is 24.1. The van der Waals surface area contributed by atoms with Gasteiger partial charge >= 0.3 is 66.8 Å². The number of benzene rings is 6. The minimum Gasteiger partial charge on any atom is -0.512 e. The van der Waals surface area contributed by atoms with Gasteiger partial charge in [-0.2, -0.15) is 0 Å². The smallest absolute Gasteiger partial charge is 0.512 e. The predicted octanol–water partition coefficient (Wildman–Crippen LogP) is 9.30. The van der Waals surface area contributed by atoms with Crippen LogP contribution in [-0.4, -0.2) is 101 Å². The number of hydrogen-bond donors (Lipinski definition) is 2. The van der Waals surface area contributed by atoms with E-state index in [9.17, 15) is 28.3 Å². The topological polar surface area (TPSA) is 250 Å². The molecule has 6 rings (SSSR count). The third-order valence-electron chi connectivity index (χ3n) is 9.79. The maximum absolute atomic E-state index is 13.0. The fourth-order valence-electron chi connectivity index (χ4n) is 6.49. The van der Waals surface area contributed by atoms with E-state index < -0.39 is 33.2 Å². The predicted molar refractivity (Wildman–Crippen MR) is 298 cm³/mol. The summed E-state index contributed by atoms with van der Waals surface area (Å²) >= 11 is 0. The number of carbonyl (C=O) groups excluding carboxylic acids is 4. The Labute approximate surface area is 511 Å². The molecule has 0 aromatic heterocycles. The quantitative estimate of drug-likeness (QED) is 0.0160. The van der Waals surface area contributed by atoms with Crippen LogP contribution in [0.2, 0.25) is 0 Å². The van der Waals surface area contributed by atoms with E-state index in [2.05, 4.69) is 0 Å². The number of ketones is 2. The van der Waals surface area contributed by atoms with E-state index in [0.29, 0.717) is 50.6 Å². The molecule has 2 atom stereocenters. The first-order valence-corrected chi connectivity index (χ1v) is 27.1. The van der Waals surface area contributed by atoms with Gasteiger partial charge in [0.2, 0.25) is 0 Å². The van der Waals surface area contributed by atoms with Crippen LogP contribution in [0, 0.1) is 11.8 Å². The van der Waals surface area contributed by atoms with E-state index in [0.717, 1.165) is 6.29 Å². The maximum atomic E-state index is 13.0. The van der Waals surface area contributed by atoms with E-state index in [-0.39, 0.29) is 128 Å². The van der Waals surface area contributed by atoms with Crippen molar-refractivity contribution in [2.45, 2.75) is 47.3 Å². The molecule has 22 heteroatoms. The van der Waals surface area contributed by atoms with Crippen LogP contribution >= 0.6 is 15.4 Å². The van der Waals surface area contributed by atoms with Crippen molar-refractivity contribution in [3.63, 3.8) is 0 Å². The molecule has 0 aliphatic rings. The summed E-state index contributed by atoms with van der Waals surface area (Å²) in [6, 6.07) is 46.7. The van der Waals surface area contributed by atoms with Crippen LogP contribution in [-0.2, 0) is 36.5 Å². The van der Waals surface area contributed by atoms with Crippen LogP contribution in [0.3, 0.4) is 0 Å². The van der Waals surface area contributed by atoms with E-state index in [1.165, 1.54) is 7.11 Å². The minimum atomic E-state index is -3.90. The van der Waals surface area contributed by atoms with Crippen molar-refractivity contribution >= 4 is 38.8 Å². The molecule has 0 aliphatic carbocycles. The number of Topliss-reactive ketones (excluding diaryl/α,β-unsaturated/α-hetero) is 2. The van der Waals surface area contributed by atoms with Crippen LogP contribution in [0.4, 0.5) is 4.70 Å². The summed E-state index contributed by atoms with van der Waals surface area (Å²) in [5.74, 6) is 1.29. The SMILES string of the molecule is C.CCOP(=O)(OCC)C(=O)c1ccccc1.CCOP(=O)(OCC)OC(C(=O)c1ccccc1)c1cccc(OC)c1.COc1cccc(C=O)c1.F.O=C(c1ccccc1)C(OCCO)c1cccc(OCCO)c1.[C-]#N.[K+]. The Balaban J connectivity index is 0. The molecule has 0 saturated carbocycles. The van der Waals surface area contributed by atoms with Gasteiger partial charge in [-0.25, -0.2) is 4.57 Å². The van der Waals surface area contributed by atoms with Gasteiger partial charge in [-0.15, -0.1) is 0 Å². The molecule has 0 spiro atoms. The summed E-state index contributed by atoms with van der Waals surface area (Å²) in [5, 5.41) is 24.1. The standard InChI is InChI=1S/C19H23O6P.C18H20O5.C11H15O4P.C8H8O2.CN.CH4.FH.K/c1-4-23-26(21,24-5-2)25-19(16-12-9-13-17(14-16)22-3)18(20)15-10-7-6-8-11-15;19-9-11-22-16-8-4-7-15(13-16)18(23-12-10-20)17(21)14-5-2-1-3-6-14;1-3-14-16(13,15-4-2)11(12)10-8-6-5-7-9-10;1-10-8-4-2-3-7(5-8)6-9;1-2;;;/h6-14,19H,4-5H2,1-3H3;1-8,13,18-20H,9-12H2;5-9H,3-4H2,1-2H3;2-6H,1H3;;1H4;1H;/q;;;;-1;;;+1. The zero-order chi connectivity index (χ0) is 56.9. The maximum Gasteiger partial charge on any atom is 1.00 e. The Bertz CT molecular complexity index is 2760. The summed E-state index contributed by atoms with van der Waals surface area (Å²) in [5.41, 5.74) is 2.50. The molecule has 6 aromatic carbocycles. The van der Waals surface area contributed by atoms with E-state index >= 15 is 0 Å². The number of nitrogens with zero attached hydrogens (tertiary/aromatic N) is 1. The third-order valence-corrected chi connectivity index (χ3v) is 13.4. The molecule has 0 amide bonds. The molecule has 2 unspecified atom stereocenters. The van der Waals surface area contributed by atoms with Gasteiger partial charge in [-0.1, -0.05) is 135 Å². The fraction of sp³-hybridized carbons (Fsp3) is 0.293. The molecule has 2 N–H and O–H groups in total. The molecular weight excluding hydrogens is 1100 g/mol. The Kier molecular flexibility index (Phi) is 42.4. The van der Waals surface area contributed by atoms with E-state index in [1.807, 2.05) is 12.1 Å². The number of aliphatic hydroxyl groups excluding tert-OH is 2. The fourth-order valence-corrected chi connectivity index (χ4v) is 9.25. The van der Waals surface area contributed by atoms with E-state index in [4.69, 9.17) is 63.6 Å². The number of rotatable bonds is 27. The van der Waals surface area contributed by atoms with E-state index in [1.54, 1.807) is 186 Å². The normalized spacial score (nSPS) is 10.9. The molecule has 0 heterocycles. The second-order valence-electron chi connectivity index (χ2n) is 15.0. The number of phosphoric ester groups is 1. The van der Waals surface area contributed by atoms with Crippen molar-refractivity contribution in [3.05, 3.63) is 204 Å². The molecule has 428 valence electrons. The molecule has 0 fully saturated rings. The third kappa shape index (κ3) is 26.9. The van der Waals surface area contributed by atoms with Crippen molar-refractivity contribution in [2.75, 3.05) is 67.1 Å². The summed E-state index contributed by atoms with van der Waals surface area (Å²) in [4.78, 5) is 47.9. The van der Waals surface area contributed by atoms with Crippen LogP contribution in [0.5, 0.6) is 17.2 Å². The zero-order valence-corrected chi connectivity index (χ0v) is 50.2. The van der Waals surface area contributed by atoms with Gasteiger partial charge in [-0.3, -0.25) is 42.0 Å². The van der Waals surface area contributed by atoms with Crippen LogP contribution < -0.4 is 65.6 Å². The van der Waals surface area contributed by atoms with Crippen molar-refractivity contribution in [1.29, 1.82) is 5.26 Å². The van der Waals surface area contributed by atoms with Crippen LogP contribution in [0.15, 0.2) is 164 Å². The average Bonchev–Trinajstić information content (AvgIpc) is 3.47.